The lowest BCUT2D eigenvalue weighted by Gasteiger charge is -2.07. The van der Waals surface area contributed by atoms with Crippen molar-refractivity contribution < 1.29 is 19.4 Å². The number of aryl methyl sites for hydroxylation is 1. The van der Waals surface area contributed by atoms with Gasteiger partial charge in [0.1, 0.15) is 5.75 Å². The summed E-state index contributed by atoms with van der Waals surface area (Å²) in [5.41, 5.74) is 1.17. The second kappa shape index (κ2) is 8.71. The Kier molecular flexibility index (Phi) is 6.36. The van der Waals surface area contributed by atoms with E-state index in [1.54, 1.807) is 41.3 Å². The van der Waals surface area contributed by atoms with Gasteiger partial charge in [-0.05, 0) is 37.1 Å². The number of carbonyl (C=O) groups is 2. The highest BCUT2D eigenvalue weighted by atomic mass is 16.5. The lowest BCUT2D eigenvalue weighted by molar-refractivity contribution is -0.137. The number of amides is 1. The Labute approximate surface area is 140 Å². The number of benzene rings is 1. The van der Waals surface area contributed by atoms with E-state index in [9.17, 15) is 9.59 Å². The molecule has 0 spiro atoms. The molecule has 1 amide bonds. The molecule has 0 unspecified atom stereocenters. The lowest BCUT2D eigenvalue weighted by atomic mass is 10.2. The topological polar surface area (TPSA) is 93.5 Å². The molecule has 0 aliphatic rings. The molecule has 0 saturated carbocycles. The third-order valence-corrected chi connectivity index (χ3v) is 3.26. The summed E-state index contributed by atoms with van der Waals surface area (Å²) in [4.78, 5) is 22.6. The van der Waals surface area contributed by atoms with E-state index in [1.807, 2.05) is 6.92 Å². The van der Waals surface area contributed by atoms with Crippen LogP contribution in [0, 0.1) is 0 Å². The van der Waals surface area contributed by atoms with Gasteiger partial charge in [-0.3, -0.25) is 14.3 Å². The van der Waals surface area contributed by atoms with Crippen molar-refractivity contribution in [3.05, 3.63) is 42.2 Å². The number of carboxylic acid groups (broad SMARTS) is 1. The van der Waals surface area contributed by atoms with Crippen LogP contribution in [0.2, 0.25) is 0 Å². The fourth-order valence-corrected chi connectivity index (χ4v) is 2.08. The van der Waals surface area contributed by atoms with Crippen LogP contribution in [0.3, 0.4) is 0 Å². The number of nitrogens with one attached hydrogen (secondary N) is 1. The quantitative estimate of drug-likeness (QED) is 0.689. The zero-order valence-electron chi connectivity index (χ0n) is 13.6. The third-order valence-electron chi connectivity index (χ3n) is 3.26. The molecule has 0 aliphatic carbocycles. The number of aliphatic carboxylic acids is 1. The molecule has 2 N–H and O–H groups in total. The first kappa shape index (κ1) is 17.5. The summed E-state index contributed by atoms with van der Waals surface area (Å²) in [5, 5.41) is 15.5. The number of aromatic nitrogens is 2. The Morgan fingerprint density at radius 2 is 2.04 bits per heavy atom. The molecular weight excluding hydrogens is 310 g/mol. The molecular formula is C17H21N3O4. The maximum Gasteiger partial charge on any atom is 0.303 e. The fourth-order valence-electron chi connectivity index (χ4n) is 2.08. The van der Waals surface area contributed by atoms with Gasteiger partial charge in [-0.25, -0.2) is 0 Å². The standard InChI is InChI=1S/C17H21N3O4/c1-2-9-20-12-13(11-18-20)17(23)19-14-5-7-15(8-6-14)24-10-3-4-16(21)22/h5-8,11-12H,2-4,9-10H2,1H3,(H,19,23)(H,21,22). The summed E-state index contributed by atoms with van der Waals surface area (Å²) >= 11 is 0. The van der Waals surface area contributed by atoms with E-state index in [0.29, 0.717) is 30.0 Å². The van der Waals surface area contributed by atoms with Crippen molar-refractivity contribution in [3.8, 4) is 5.75 Å². The maximum atomic E-state index is 12.1. The minimum Gasteiger partial charge on any atom is -0.494 e. The van der Waals surface area contributed by atoms with Gasteiger partial charge < -0.3 is 15.2 Å². The molecule has 1 aromatic heterocycles. The molecule has 1 aromatic carbocycles. The van der Waals surface area contributed by atoms with Crippen molar-refractivity contribution in [2.75, 3.05) is 11.9 Å². The Hall–Kier alpha value is -2.83. The summed E-state index contributed by atoms with van der Waals surface area (Å²) in [6.45, 7) is 3.17. The van der Waals surface area contributed by atoms with Gasteiger partial charge in [-0.1, -0.05) is 6.92 Å². The Balaban J connectivity index is 1.84. The summed E-state index contributed by atoms with van der Waals surface area (Å²) < 4.78 is 7.18. The number of hydrogen-bond donors (Lipinski definition) is 2. The molecule has 0 atom stereocenters. The fraction of sp³-hybridized carbons (Fsp3) is 0.353. The average molecular weight is 331 g/mol. The van der Waals surface area contributed by atoms with Crippen LogP contribution in [-0.4, -0.2) is 33.4 Å². The molecule has 128 valence electrons. The minimum atomic E-state index is -0.834. The van der Waals surface area contributed by atoms with Crippen LogP contribution in [0.15, 0.2) is 36.7 Å². The van der Waals surface area contributed by atoms with E-state index in [4.69, 9.17) is 9.84 Å². The second-order valence-electron chi connectivity index (χ2n) is 5.32. The van der Waals surface area contributed by atoms with E-state index in [0.717, 1.165) is 13.0 Å². The Bertz CT molecular complexity index is 679. The minimum absolute atomic E-state index is 0.0832. The SMILES string of the molecule is CCCn1cc(C(=O)Nc2ccc(OCCCC(=O)O)cc2)cn1. The zero-order chi connectivity index (χ0) is 17.4. The third kappa shape index (κ3) is 5.42. The van der Waals surface area contributed by atoms with Crippen molar-refractivity contribution in [1.29, 1.82) is 0 Å². The van der Waals surface area contributed by atoms with E-state index in [1.165, 1.54) is 0 Å². The molecule has 0 bridgehead atoms. The van der Waals surface area contributed by atoms with Gasteiger partial charge in [-0.2, -0.15) is 5.10 Å². The van der Waals surface area contributed by atoms with Crippen molar-refractivity contribution in [3.63, 3.8) is 0 Å². The normalized spacial score (nSPS) is 10.4. The van der Waals surface area contributed by atoms with Crippen LogP contribution >= 0.6 is 0 Å². The maximum absolute atomic E-state index is 12.1. The lowest BCUT2D eigenvalue weighted by Crippen LogP contribution is -2.11. The molecule has 24 heavy (non-hydrogen) atoms. The van der Waals surface area contributed by atoms with E-state index in [2.05, 4.69) is 10.4 Å². The monoisotopic (exact) mass is 331 g/mol. The van der Waals surface area contributed by atoms with Crippen LogP contribution < -0.4 is 10.1 Å². The predicted octanol–water partition coefficient (Wildman–Crippen LogP) is 2.79. The number of ether oxygens (including phenoxy) is 1. The van der Waals surface area contributed by atoms with Gasteiger partial charge in [0.25, 0.3) is 5.91 Å². The summed E-state index contributed by atoms with van der Waals surface area (Å²) in [7, 11) is 0. The summed E-state index contributed by atoms with van der Waals surface area (Å²) in [6, 6.07) is 6.94. The van der Waals surface area contributed by atoms with Gasteiger partial charge in [0.2, 0.25) is 0 Å². The molecule has 7 nitrogen and oxygen atoms in total. The molecule has 0 radical (unpaired) electrons. The second-order valence-corrected chi connectivity index (χ2v) is 5.32. The Morgan fingerprint density at radius 1 is 1.29 bits per heavy atom. The highest BCUT2D eigenvalue weighted by Gasteiger charge is 2.09. The number of carboxylic acids is 1. The van der Waals surface area contributed by atoms with Gasteiger partial charge >= 0.3 is 5.97 Å². The number of rotatable bonds is 9. The first-order chi connectivity index (χ1) is 11.6. The van der Waals surface area contributed by atoms with Crippen molar-refractivity contribution in [1.82, 2.24) is 9.78 Å². The summed E-state index contributed by atoms with van der Waals surface area (Å²) in [6.07, 6.45) is 4.76. The number of nitrogens with zero attached hydrogens (tertiary/aromatic N) is 2. The van der Waals surface area contributed by atoms with E-state index < -0.39 is 5.97 Å². The van der Waals surface area contributed by atoms with Gasteiger partial charge in [0.05, 0.1) is 18.4 Å². The number of anilines is 1. The van der Waals surface area contributed by atoms with E-state index in [-0.39, 0.29) is 12.3 Å². The molecule has 7 heteroatoms. The molecule has 0 saturated heterocycles. The van der Waals surface area contributed by atoms with Crippen LogP contribution in [0.5, 0.6) is 5.75 Å². The molecule has 2 rings (SSSR count). The van der Waals surface area contributed by atoms with E-state index >= 15 is 0 Å². The highest BCUT2D eigenvalue weighted by molar-refractivity contribution is 6.03. The van der Waals surface area contributed by atoms with Gasteiger partial charge in [-0.15, -0.1) is 0 Å². The van der Waals surface area contributed by atoms with Gasteiger partial charge in [0.15, 0.2) is 0 Å². The molecule has 0 aliphatic heterocycles. The largest absolute Gasteiger partial charge is 0.494 e. The van der Waals surface area contributed by atoms with Crippen LogP contribution in [0.4, 0.5) is 5.69 Å². The first-order valence-electron chi connectivity index (χ1n) is 7.87. The van der Waals surface area contributed by atoms with Crippen molar-refractivity contribution >= 4 is 17.6 Å². The average Bonchev–Trinajstić information content (AvgIpc) is 3.02. The first-order valence-corrected chi connectivity index (χ1v) is 7.87. The Morgan fingerprint density at radius 3 is 2.71 bits per heavy atom. The predicted molar refractivity (Wildman–Crippen MR) is 89.3 cm³/mol. The van der Waals surface area contributed by atoms with Crippen molar-refractivity contribution in [2.45, 2.75) is 32.7 Å². The van der Waals surface area contributed by atoms with Crippen LogP contribution in [0.1, 0.15) is 36.5 Å². The molecule has 2 aromatic rings. The van der Waals surface area contributed by atoms with Crippen LogP contribution in [0.25, 0.3) is 0 Å². The number of carbonyl (C=O) groups excluding carboxylic acids is 1. The summed E-state index contributed by atoms with van der Waals surface area (Å²) in [5.74, 6) is -0.416. The zero-order valence-corrected chi connectivity index (χ0v) is 13.6. The smallest absolute Gasteiger partial charge is 0.303 e. The number of hydrogen-bond acceptors (Lipinski definition) is 4. The van der Waals surface area contributed by atoms with Crippen LogP contribution in [-0.2, 0) is 11.3 Å². The van der Waals surface area contributed by atoms with Gasteiger partial charge in [0, 0.05) is 24.8 Å². The molecule has 1 heterocycles. The highest BCUT2D eigenvalue weighted by Crippen LogP contribution is 2.17. The molecule has 0 fully saturated rings. The van der Waals surface area contributed by atoms with Crippen molar-refractivity contribution in [2.24, 2.45) is 0 Å².